The van der Waals surface area contributed by atoms with E-state index in [9.17, 15) is 0 Å². The van der Waals surface area contributed by atoms with E-state index in [1.54, 1.807) is 5.51 Å². The first-order valence-corrected chi connectivity index (χ1v) is 4.52. The first-order valence-electron chi connectivity index (χ1n) is 3.65. The molecule has 3 nitrogen and oxygen atoms in total. The molecule has 1 rings (SSSR count). The summed E-state index contributed by atoms with van der Waals surface area (Å²) in [5.74, 6) is 0.690. The van der Waals surface area contributed by atoms with Crippen LogP contribution in [0.4, 0.5) is 5.82 Å². The molecular formula is C8H11N3S. The zero-order valence-corrected chi connectivity index (χ0v) is 8.20. The molecule has 1 N–H and O–H groups in total. The Kier molecular flexibility index (Phi) is 2.34. The molecule has 64 valence electrons. The molecule has 0 amide bonds. The van der Waals surface area contributed by atoms with Gasteiger partial charge in [-0.1, -0.05) is 0 Å². The van der Waals surface area contributed by atoms with Crippen LogP contribution in [0.1, 0.15) is 25.6 Å². The Morgan fingerprint density at radius 1 is 1.58 bits per heavy atom. The molecular weight excluding hydrogens is 170 g/mol. The zero-order chi connectivity index (χ0) is 9.19. The summed E-state index contributed by atoms with van der Waals surface area (Å²) >= 11 is 1.36. The minimum absolute atomic E-state index is 0.0420. The highest BCUT2D eigenvalue weighted by Gasteiger charge is 2.13. The number of thiazole rings is 1. The SMILES string of the molecule is CC(C)(C)Nc1ncsc1C#N. The van der Waals surface area contributed by atoms with Crippen molar-refractivity contribution in [3.63, 3.8) is 0 Å². The van der Waals surface area contributed by atoms with Crippen molar-refractivity contribution in [3.8, 4) is 6.07 Å². The molecule has 0 saturated carbocycles. The van der Waals surface area contributed by atoms with E-state index in [-0.39, 0.29) is 5.54 Å². The minimum atomic E-state index is -0.0420. The van der Waals surface area contributed by atoms with Crippen LogP contribution in [-0.4, -0.2) is 10.5 Å². The number of nitrogens with zero attached hydrogens (tertiary/aromatic N) is 2. The van der Waals surface area contributed by atoms with E-state index in [0.29, 0.717) is 10.7 Å². The highest BCUT2D eigenvalue weighted by Crippen LogP contribution is 2.20. The summed E-state index contributed by atoms with van der Waals surface area (Å²) < 4.78 is 0. The monoisotopic (exact) mass is 181 g/mol. The van der Waals surface area contributed by atoms with E-state index in [1.165, 1.54) is 11.3 Å². The zero-order valence-electron chi connectivity index (χ0n) is 7.38. The molecule has 1 aromatic rings. The van der Waals surface area contributed by atoms with Crippen molar-refractivity contribution in [1.82, 2.24) is 4.98 Å². The van der Waals surface area contributed by atoms with Gasteiger partial charge in [-0.3, -0.25) is 0 Å². The summed E-state index contributed by atoms with van der Waals surface area (Å²) in [6, 6.07) is 2.09. The van der Waals surface area contributed by atoms with Gasteiger partial charge in [-0.05, 0) is 20.8 Å². The third-order valence-electron chi connectivity index (χ3n) is 1.16. The molecule has 0 aromatic carbocycles. The Hall–Kier alpha value is -1.08. The largest absolute Gasteiger partial charge is 0.364 e. The van der Waals surface area contributed by atoms with E-state index in [2.05, 4.69) is 16.4 Å². The molecule has 0 aliphatic rings. The van der Waals surface area contributed by atoms with Crippen molar-refractivity contribution in [3.05, 3.63) is 10.4 Å². The lowest BCUT2D eigenvalue weighted by atomic mass is 10.1. The van der Waals surface area contributed by atoms with Crippen LogP contribution < -0.4 is 5.32 Å². The van der Waals surface area contributed by atoms with Crippen LogP contribution in [0, 0.1) is 11.3 Å². The van der Waals surface area contributed by atoms with Gasteiger partial charge in [0.1, 0.15) is 10.9 Å². The normalized spacial score (nSPS) is 10.8. The maximum Gasteiger partial charge on any atom is 0.155 e. The fourth-order valence-electron chi connectivity index (χ4n) is 0.770. The summed E-state index contributed by atoms with van der Waals surface area (Å²) in [5.41, 5.74) is 1.63. The fraction of sp³-hybridized carbons (Fsp3) is 0.500. The Morgan fingerprint density at radius 2 is 2.25 bits per heavy atom. The molecule has 0 bridgehead atoms. The minimum Gasteiger partial charge on any atom is -0.364 e. The first-order chi connectivity index (χ1) is 5.53. The van der Waals surface area contributed by atoms with Gasteiger partial charge in [-0.2, -0.15) is 5.26 Å². The Morgan fingerprint density at radius 3 is 2.75 bits per heavy atom. The van der Waals surface area contributed by atoms with Crippen molar-refractivity contribution in [1.29, 1.82) is 5.26 Å². The van der Waals surface area contributed by atoms with Crippen molar-refractivity contribution >= 4 is 17.2 Å². The third-order valence-corrected chi connectivity index (χ3v) is 1.89. The number of hydrogen-bond acceptors (Lipinski definition) is 4. The topological polar surface area (TPSA) is 48.7 Å². The van der Waals surface area contributed by atoms with Crippen molar-refractivity contribution in [2.24, 2.45) is 0 Å². The van der Waals surface area contributed by atoms with Gasteiger partial charge in [0.25, 0.3) is 0 Å². The second-order valence-corrected chi connectivity index (χ2v) is 4.37. The Bertz CT molecular complexity index is 303. The standard InChI is InChI=1S/C8H11N3S/c1-8(2,3)11-7-6(4-9)12-5-10-7/h5,11H,1-3H3. The van der Waals surface area contributed by atoms with E-state index < -0.39 is 0 Å². The molecule has 0 aliphatic heterocycles. The van der Waals surface area contributed by atoms with Gasteiger partial charge in [0.05, 0.1) is 5.51 Å². The summed E-state index contributed by atoms with van der Waals surface area (Å²) in [6.45, 7) is 6.11. The number of nitrogens with one attached hydrogen (secondary N) is 1. The predicted octanol–water partition coefficient (Wildman–Crippen LogP) is 2.23. The smallest absolute Gasteiger partial charge is 0.155 e. The average Bonchev–Trinajstić information content (AvgIpc) is 2.31. The molecule has 1 aromatic heterocycles. The second kappa shape index (κ2) is 3.11. The number of nitriles is 1. The van der Waals surface area contributed by atoms with Gasteiger partial charge in [0.15, 0.2) is 5.82 Å². The Balaban J connectivity index is 2.84. The Labute approximate surface area is 76.1 Å². The molecule has 4 heteroatoms. The molecule has 12 heavy (non-hydrogen) atoms. The summed E-state index contributed by atoms with van der Waals surface area (Å²) in [6.07, 6.45) is 0. The van der Waals surface area contributed by atoms with Gasteiger partial charge >= 0.3 is 0 Å². The average molecular weight is 181 g/mol. The lowest BCUT2D eigenvalue weighted by molar-refractivity contribution is 0.631. The highest BCUT2D eigenvalue weighted by molar-refractivity contribution is 7.10. The quantitative estimate of drug-likeness (QED) is 0.722. The first kappa shape index (κ1) is 9.01. The molecule has 0 fully saturated rings. The van der Waals surface area contributed by atoms with Gasteiger partial charge in [-0.25, -0.2) is 4.98 Å². The number of rotatable bonds is 1. The molecule has 0 spiro atoms. The summed E-state index contributed by atoms with van der Waals surface area (Å²) in [5, 5.41) is 11.8. The molecule has 0 aliphatic carbocycles. The van der Waals surface area contributed by atoms with E-state index in [1.807, 2.05) is 20.8 Å². The van der Waals surface area contributed by atoms with E-state index in [0.717, 1.165) is 0 Å². The van der Waals surface area contributed by atoms with Crippen molar-refractivity contribution < 1.29 is 0 Å². The van der Waals surface area contributed by atoms with Crippen LogP contribution >= 0.6 is 11.3 Å². The molecule has 0 radical (unpaired) electrons. The highest BCUT2D eigenvalue weighted by atomic mass is 32.1. The lowest BCUT2D eigenvalue weighted by Crippen LogP contribution is -2.26. The maximum absolute atomic E-state index is 8.68. The van der Waals surface area contributed by atoms with E-state index >= 15 is 0 Å². The van der Waals surface area contributed by atoms with Gasteiger partial charge in [0, 0.05) is 5.54 Å². The van der Waals surface area contributed by atoms with Crippen LogP contribution in [0.25, 0.3) is 0 Å². The number of anilines is 1. The fourth-order valence-corrected chi connectivity index (χ4v) is 1.30. The van der Waals surface area contributed by atoms with Crippen LogP contribution in [0.15, 0.2) is 5.51 Å². The summed E-state index contributed by atoms with van der Waals surface area (Å²) in [4.78, 5) is 4.70. The molecule has 0 unspecified atom stereocenters. The maximum atomic E-state index is 8.68. The van der Waals surface area contributed by atoms with Crippen LogP contribution in [-0.2, 0) is 0 Å². The summed E-state index contributed by atoms with van der Waals surface area (Å²) in [7, 11) is 0. The molecule has 0 atom stereocenters. The van der Waals surface area contributed by atoms with Crippen LogP contribution in [0.5, 0.6) is 0 Å². The molecule has 1 heterocycles. The predicted molar refractivity (Wildman–Crippen MR) is 50.2 cm³/mol. The van der Waals surface area contributed by atoms with Crippen molar-refractivity contribution in [2.45, 2.75) is 26.3 Å². The second-order valence-electron chi connectivity index (χ2n) is 3.52. The molecule has 0 saturated heterocycles. The third kappa shape index (κ3) is 2.21. The number of hydrogen-bond donors (Lipinski definition) is 1. The van der Waals surface area contributed by atoms with E-state index in [4.69, 9.17) is 5.26 Å². The van der Waals surface area contributed by atoms with Gasteiger partial charge < -0.3 is 5.32 Å². The van der Waals surface area contributed by atoms with Crippen LogP contribution in [0.2, 0.25) is 0 Å². The van der Waals surface area contributed by atoms with Crippen molar-refractivity contribution in [2.75, 3.05) is 5.32 Å². The number of aromatic nitrogens is 1. The lowest BCUT2D eigenvalue weighted by Gasteiger charge is -2.20. The van der Waals surface area contributed by atoms with Gasteiger partial charge in [-0.15, -0.1) is 11.3 Å². The van der Waals surface area contributed by atoms with Gasteiger partial charge in [0.2, 0.25) is 0 Å². The van der Waals surface area contributed by atoms with Crippen LogP contribution in [0.3, 0.4) is 0 Å².